The zero-order valence-corrected chi connectivity index (χ0v) is 29.7. The standard InChI is InChI=1S/C36H48N6S3/c1-34(2,40-31(43)37-28-16-10-7-11-17-28)25-22-26(35(3,4)41-32(44)38-29-18-12-8-13-19-29)24-27(23-25)36(5,6)42-33(45)39-30-20-14-9-15-21-30/h7-21,25-27H,22-24H2,1-6H3,(H2,37,40,43)(H2,38,41,44)(H2,39,42,45). The Bertz CT molecular complexity index is 1250. The summed E-state index contributed by atoms with van der Waals surface area (Å²) in [6, 6.07) is 30.2. The topological polar surface area (TPSA) is 72.2 Å². The zero-order valence-electron chi connectivity index (χ0n) is 27.2. The van der Waals surface area contributed by atoms with E-state index in [-0.39, 0.29) is 16.6 Å². The SMILES string of the molecule is CC(C)(NC(=S)Nc1ccccc1)C1CC(C(C)(C)NC(=S)Nc2ccccc2)CC(C(C)(C)NC(=S)Nc2ccccc2)C1. The van der Waals surface area contributed by atoms with Gasteiger partial charge in [-0.2, -0.15) is 0 Å². The summed E-state index contributed by atoms with van der Waals surface area (Å²) >= 11 is 17.4. The number of anilines is 3. The number of rotatable bonds is 9. The third-order valence-electron chi connectivity index (χ3n) is 9.17. The van der Waals surface area contributed by atoms with E-state index < -0.39 is 0 Å². The highest BCUT2D eigenvalue weighted by molar-refractivity contribution is 7.80. The molecule has 1 aliphatic carbocycles. The normalized spacial score (nSPS) is 18.7. The second-order valence-electron chi connectivity index (χ2n) is 13.8. The van der Waals surface area contributed by atoms with E-state index in [4.69, 9.17) is 36.7 Å². The molecule has 0 saturated heterocycles. The Morgan fingerprint density at radius 3 is 0.889 bits per heavy atom. The molecule has 4 rings (SSSR count). The number of hydrogen-bond acceptors (Lipinski definition) is 3. The van der Waals surface area contributed by atoms with Crippen LogP contribution in [0.4, 0.5) is 17.1 Å². The average Bonchev–Trinajstić information content (AvgIpc) is 2.97. The van der Waals surface area contributed by atoms with Gasteiger partial charge in [0, 0.05) is 33.7 Å². The molecular weight excluding hydrogens is 613 g/mol. The summed E-state index contributed by atoms with van der Waals surface area (Å²) < 4.78 is 0. The number of hydrogen-bond donors (Lipinski definition) is 6. The first-order valence-electron chi connectivity index (χ1n) is 15.7. The lowest BCUT2D eigenvalue weighted by molar-refractivity contribution is 0.0540. The van der Waals surface area contributed by atoms with Crippen molar-refractivity contribution in [3.8, 4) is 0 Å². The molecule has 3 aromatic rings. The summed E-state index contributed by atoms with van der Waals surface area (Å²) in [5.41, 5.74) is 2.10. The van der Waals surface area contributed by atoms with Gasteiger partial charge in [-0.3, -0.25) is 0 Å². The molecule has 9 heteroatoms. The highest BCUT2D eigenvalue weighted by atomic mass is 32.1. The van der Waals surface area contributed by atoms with Crippen molar-refractivity contribution in [3.05, 3.63) is 91.0 Å². The molecule has 0 aliphatic heterocycles. The van der Waals surface area contributed by atoms with Gasteiger partial charge < -0.3 is 31.9 Å². The van der Waals surface area contributed by atoms with E-state index in [0.717, 1.165) is 36.3 Å². The molecule has 0 heterocycles. The van der Waals surface area contributed by atoms with Crippen LogP contribution >= 0.6 is 36.7 Å². The van der Waals surface area contributed by atoms with Crippen LogP contribution in [-0.2, 0) is 0 Å². The average molecular weight is 661 g/mol. The van der Waals surface area contributed by atoms with E-state index in [0.29, 0.717) is 33.1 Å². The minimum absolute atomic E-state index is 0.270. The molecule has 1 aliphatic rings. The second kappa shape index (κ2) is 14.9. The Morgan fingerprint density at radius 2 is 0.667 bits per heavy atom. The van der Waals surface area contributed by atoms with Gasteiger partial charge in [0.2, 0.25) is 0 Å². The molecular formula is C36H48N6S3. The second-order valence-corrected chi connectivity index (χ2v) is 15.0. The van der Waals surface area contributed by atoms with E-state index in [1.54, 1.807) is 0 Å². The zero-order chi connectivity index (χ0) is 32.7. The van der Waals surface area contributed by atoms with Gasteiger partial charge in [0.1, 0.15) is 0 Å². The molecule has 0 atom stereocenters. The molecule has 0 radical (unpaired) electrons. The molecule has 45 heavy (non-hydrogen) atoms. The van der Waals surface area contributed by atoms with Crippen molar-refractivity contribution in [2.45, 2.75) is 77.4 Å². The van der Waals surface area contributed by atoms with E-state index in [1.165, 1.54) is 0 Å². The van der Waals surface area contributed by atoms with Crippen molar-refractivity contribution in [1.29, 1.82) is 0 Å². The fraction of sp³-hybridized carbons (Fsp3) is 0.417. The largest absolute Gasteiger partial charge is 0.357 e. The Morgan fingerprint density at radius 1 is 0.444 bits per heavy atom. The lowest BCUT2D eigenvalue weighted by atomic mass is 9.60. The first-order valence-corrected chi connectivity index (χ1v) is 16.9. The molecule has 6 N–H and O–H groups in total. The lowest BCUT2D eigenvalue weighted by Gasteiger charge is -2.52. The van der Waals surface area contributed by atoms with Crippen molar-refractivity contribution in [1.82, 2.24) is 16.0 Å². The molecule has 0 spiro atoms. The first-order chi connectivity index (χ1) is 21.2. The highest BCUT2D eigenvalue weighted by Crippen LogP contribution is 2.46. The third-order valence-corrected chi connectivity index (χ3v) is 9.78. The highest BCUT2D eigenvalue weighted by Gasteiger charge is 2.47. The summed E-state index contributed by atoms with van der Waals surface area (Å²) in [4.78, 5) is 0. The van der Waals surface area contributed by atoms with Crippen molar-refractivity contribution in [2.75, 3.05) is 16.0 Å². The van der Waals surface area contributed by atoms with Crippen molar-refractivity contribution >= 4 is 69.1 Å². The van der Waals surface area contributed by atoms with Crippen LogP contribution in [-0.4, -0.2) is 32.0 Å². The maximum atomic E-state index is 5.80. The van der Waals surface area contributed by atoms with Gasteiger partial charge in [0.15, 0.2) is 15.3 Å². The van der Waals surface area contributed by atoms with Crippen molar-refractivity contribution < 1.29 is 0 Å². The Balaban J connectivity index is 1.53. The molecule has 240 valence electrons. The summed E-state index contributed by atoms with van der Waals surface area (Å²) in [6.45, 7) is 13.6. The van der Waals surface area contributed by atoms with Crippen molar-refractivity contribution in [2.24, 2.45) is 17.8 Å². The fourth-order valence-corrected chi connectivity index (χ4v) is 7.46. The lowest BCUT2D eigenvalue weighted by Crippen LogP contribution is -2.60. The van der Waals surface area contributed by atoms with Gasteiger partial charge in [0.05, 0.1) is 0 Å². The van der Waals surface area contributed by atoms with Crippen molar-refractivity contribution in [3.63, 3.8) is 0 Å². The number of para-hydroxylation sites is 3. The fourth-order valence-electron chi connectivity index (χ4n) is 6.32. The first kappa shape index (κ1) is 34.6. The number of benzene rings is 3. The molecule has 6 nitrogen and oxygen atoms in total. The third kappa shape index (κ3) is 10.1. The maximum Gasteiger partial charge on any atom is 0.171 e. The molecule has 1 fully saturated rings. The van der Waals surface area contributed by atoms with Gasteiger partial charge in [-0.1, -0.05) is 54.6 Å². The number of nitrogens with one attached hydrogen (secondary N) is 6. The van der Waals surface area contributed by atoms with Crippen LogP contribution in [0.5, 0.6) is 0 Å². The molecule has 0 bridgehead atoms. The van der Waals surface area contributed by atoms with Gasteiger partial charge in [-0.05, 0) is 152 Å². The number of thiocarbonyl (C=S) groups is 3. The monoisotopic (exact) mass is 660 g/mol. The predicted octanol–water partition coefficient (Wildman–Crippen LogP) is 8.31. The molecule has 0 amide bonds. The van der Waals surface area contributed by atoms with Crippen LogP contribution in [0.3, 0.4) is 0 Å². The molecule has 0 aromatic heterocycles. The smallest absolute Gasteiger partial charge is 0.171 e. The van der Waals surface area contributed by atoms with Crippen LogP contribution < -0.4 is 31.9 Å². The van der Waals surface area contributed by atoms with Crippen LogP contribution in [0, 0.1) is 17.8 Å². The van der Waals surface area contributed by atoms with Crippen LogP contribution in [0.25, 0.3) is 0 Å². The summed E-state index contributed by atoms with van der Waals surface area (Å²) in [7, 11) is 0. The quantitative estimate of drug-likeness (QED) is 0.127. The van der Waals surface area contributed by atoms with Gasteiger partial charge in [0.25, 0.3) is 0 Å². The Kier molecular flexibility index (Phi) is 11.4. The molecule has 3 aromatic carbocycles. The van der Waals surface area contributed by atoms with E-state index >= 15 is 0 Å². The summed E-state index contributed by atoms with van der Waals surface area (Å²) in [5, 5.41) is 23.0. The van der Waals surface area contributed by atoms with Crippen LogP contribution in [0.15, 0.2) is 91.0 Å². The van der Waals surface area contributed by atoms with Crippen LogP contribution in [0.1, 0.15) is 60.8 Å². The Hall–Kier alpha value is -3.27. The van der Waals surface area contributed by atoms with Gasteiger partial charge in [-0.15, -0.1) is 0 Å². The van der Waals surface area contributed by atoms with Gasteiger partial charge in [-0.25, -0.2) is 0 Å². The minimum Gasteiger partial charge on any atom is -0.357 e. The van der Waals surface area contributed by atoms with Gasteiger partial charge >= 0.3 is 0 Å². The van der Waals surface area contributed by atoms with E-state index in [2.05, 4.69) is 73.4 Å². The summed E-state index contributed by atoms with van der Waals surface area (Å²) in [5.74, 6) is 0.973. The molecule has 1 saturated carbocycles. The predicted molar refractivity (Wildman–Crippen MR) is 204 cm³/mol. The van der Waals surface area contributed by atoms with E-state index in [9.17, 15) is 0 Å². The maximum absolute atomic E-state index is 5.80. The minimum atomic E-state index is -0.270. The van der Waals surface area contributed by atoms with E-state index in [1.807, 2.05) is 91.0 Å². The van der Waals surface area contributed by atoms with Crippen LogP contribution in [0.2, 0.25) is 0 Å². The Labute approximate surface area is 285 Å². The summed E-state index contributed by atoms with van der Waals surface area (Å²) in [6.07, 6.45) is 3.05. The molecule has 0 unspecified atom stereocenters.